The molecule has 1 aliphatic heterocycles. The summed E-state index contributed by atoms with van der Waals surface area (Å²) >= 11 is 0. The third-order valence-corrected chi connectivity index (χ3v) is 5.32. The monoisotopic (exact) mass is 414 g/mol. The van der Waals surface area contributed by atoms with Gasteiger partial charge < -0.3 is 19.7 Å². The molecule has 0 bridgehead atoms. The number of carbonyl (C=O) groups is 1. The molecule has 0 aliphatic carbocycles. The number of nitrogens with zero attached hydrogens (tertiary/aromatic N) is 3. The standard InChI is InChI=1S/C21H26N4O5/c1-15(21(26)22-17-9-8-16(25(27)28)14-20(17)30-3)23-10-12-24(13-11-23)18-6-4-5-7-19(18)29-2/h4-9,14-15H,10-13H2,1-3H3,(H,22,26)/t15-/m1/s1. The number of rotatable bonds is 7. The molecule has 1 N–H and O–H groups in total. The molecule has 0 saturated carbocycles. The van der Waals surface area contributed by atoms with E-state index in [4.69, 9.17) is 9.47 Å². The van der Waals surface area contributed by atoms with Crippen molar-refractivity contribution in [3.05, 3.63) is 52.6 Å². The Balaban J connectivity index is 1.62. The largest absolute Gasteiger partial charge is 0.495 e. The Labute approximate surface area is 175 Å². The first-order valence-electron chi connectivity index (χ1n) is 9.70. The molecule has 0 spiro atoms. The van der Waals surface area contributed by atoms with Gasteiger partial charge >= 0.3 is 0 Å². The number of ether oxygens (including phenoxy) is 2. The highest BCUT2D eigenvalue weighted by Crippen LogP contribution is 2.30. The maximum Gasteiger partial charge on any atom is 0.273 e. The van der Waals surface area contributed by atoms with E-state index in [1.807, 2.05) is 31.2 Å². The lowest BCUT2D eigenvalue weighted by molar-refractivity contribution is -0.384. The topological polar surface area (TPSA) is 97.2 Å². The molecule has 160 valence electrons. The number of hydrogen-bond acceptors (Lipinski definition) is 7. The zero-order valence-electron chi connectivity index (χ0n) is 17.3. The van der Waals surface area contributed by atoms with E-state index < -0.39 is 4.92 Å². The van der Waals surface area contributed by atoms with Gasteiger partial charge in [-0.1, -0.05) is 12.1 Å². The Hall–Kier alpha value is -3.33. The van der Waals surface area contributed by atoms with Crippen LogP contribution in [0.3, 0.4) is 0 Å². The molecule has 2 aromatic carbocycles. The van der Waals surface area contributed by atoms with Gasteiger partial charge in [-0.05, 0) is 25.1 Å². The van der Waals surface area contributed by atoms with Crippen LogP contribution in [0.4, 0.5) is 17.1 Å². The molecule has 1 atom stereocenters. The number of nitrogens with one attached hydrogen (secondary N) is 1. The first kappa shape index (κ1) is 21.4. The lowest BCUT2D eigenvalue weighted by atomic mass is 10.1. The number of non-ortho nitro benzene ring substituents is 1. The number of hydrogen-bond donors (Lipinski definition) is 1. The molecule has 0 unspecified atom stereocenters. The summed E-state index contributed by atoms with van der Waals surface area (Å²) in [6.07, 6.45) is 0. The van der Waals surface area contributed by atoms with Crippen molar-refractivity contribution in [2.45, 2.75) is 13.0 Å². The SMILES string of the molecule is COc1cc([N+](=O)[O-])ccc1NC(=O)[C@@H](C)N1CCN(c2ccccc2OC)CC1. The Kier molecular flexibility index (Phi) is 6.73. The normalized spacial score (nSPS) is 15.4. The average molecular weight is 414 g/mol. The molecule has 9 nitrogen and oxygen atoms in total. The molecule has 1 aliphatic rings. The second-order valence-electron chi connectivity index (χ2n) is 7.00. The minimum Gasteiger partial charge on any atom is -0.495 e. The number of amides is 1. The van der Waals surface area contributed by atoms with Gasteiger partial charge in [0.15, 0.2) is 0 Å². The molecule has 2 aromatic rings. The zero-order chi connectivity index (χ0) is 21.7. The quantitative estimate of drug-likeness (QED) is 0.550. The van der Waals surface area contributed by atoms with Gasteiger partial charge in [-0.3, -0.25) is 19.8 Å². The van der Waals surface area contributed by atoms with Crippen LogP contribution in [0.25, 0.3) is 0 Å². The summed E-state index contributed by atoms with van der Waals surface area (Å²) in [5, 5.41) is 13.8. The van der Waals surface area contributed by atoms with Crippen molar-refractivity contribution in [2.75, 3.05) is 50.6 Å². The summed E-state index contributed by atoms with van der Waals surface area (Å²) in [5.41, 5.74) is 1.37. The van der Waals surface area contributed by atoms with Crippen molar-refractivity contribution in [1.29, 1.82) is 0 Å². The van der Waals surface area contributed by atoms with Crippen LogP contribution in [0, 0.1) is 10.1 Å². The first-order valence-corrected chi connectivity index (χ1v) is 9.70. The van der Waals surface area contributed by atoms with Crippen molar-refractivity contribution in [3.8, 4) is 11.5 Å². The van der Waals surface area contributed by atoms with Crippen molar-refractivity contribution in [2.24, 2.45) is 0 Å². The van der Waals surface area contributed by atoms with Gasteiger partial charge in [0.1, 0.15) is 11.5 Å². The van der Waals surface area contributed by atoms with Crippen molar-refractivity contribution in [1.82, 2.24) is 4.90 Å². The number of piperazine rings is 1. The summed E-state index contributed by atoms with van der Waals surface area (Å²) in [6, 6.07) is 11.7. The van der Waals surface area contributed by atoms with Crippen LogP contribution in [0.2, 0.25) is 0 Å². The van der Waals surface area contributed by atoms with E-state index in [1.165, 1.54) is 25.3 Å². The lowest BCUT2D eigenvalue weighted by Crippen LogP contribution is -2.52. The Morgan fingerprint density at radius 2 is 1.73 bits per heavy atom. The maximum absolute atomic E-state index is 12.8. The van der Waals surface area contributed by atoms with Gasteiger partial charge in [-0.2, -0.15) is 0 Å². The number of nitro benzene ring substituents is 1. The number of benzene rings is 2. The van der Waals surface area contributed by atoms with Crippen LogP contribution in [0.1, 0.15) is 6.92 Å². The summed E-state index contributed by atoms with van der Waals surface area (Å²) in [6.45, 7) is 4.86. The van der Waals surface area contributed by atoms with E-state index in [0.29, 0.717) is 5.69 Å². The van der Waals surface area contributed by atoms with Crippen molar-refractivity contribution >= 4 is 23.0 Å². The zero-order valence-corrected chi connectivity index (χ0v) is 17.3. The minimum atomic E-state index is -0.502. The lowest BCUT2D eigenvalue weighted by Gasteiger charge is -2.38. The second kappa shape index (κ2) is 9.45. The van der Waals surface area contributed by atoms with Crippen LogP contribution in [-0.2, 0) is 4.79 Å². The second-order valence-corrected chi connectivity index (χ2v) is 7.00. The molecule has 30 heavy (non-hydrogen) atoms. The van der Waals surface area contributed by atoms with Gasteiger partial charge in [0.25, 0.3) is 5.69 Å². The van der Waals surface area contributed by atoms with Crippen molar-refractivity contribution < 1.29 is 19.2 Å². The summed E-state index contributed by atoms with van der Waals surface area (Å²) in [5.74, 6) is 0.903. The van der Waals surface area contributed by atoms with E-state index in [2.05, 4.69) is 15.1 Å². The van der Waals surface area contributed by atoms with Gasteiger partial charge in [0, 0.05) is 32.2 Å². The first-order chi connectivity index (χ1) is 14.4. The number of para-hydroxylation sites is 2. The molecule has 3 rings (SSSR count). The minimum absolute atomic E-state index is 0.0923. The van der Waals surface area contributed by atoms with E-state index >= 15 is 0 Å². The van der Waals surface area contributed by atoms with Crippen LogP contribution in [0.15, 0.2) is 42.5 Å². The van der Waals surface area contributed by atoms with Gasteiger partial charge in [-0.15, -0.1) is 0 Å². The number of nitro groups is 1. The molecule has 1 saturated heterocycles. The Bertz CT molecular complexity index is 912. The van der Waals surface area contributed by atoms with Crippen LogP contribution >= 0.6 is 0 Å². The van der Waals surface area contributed by atoms with E-state index in [-0.39, 0.29) is 23.4 Å². The van der Waals surface area contributed by atoms with E-state index in [9.17, 15) is 14.9 Å². The number of carbonyl (C=O) groups excluding carboxylic acids is 1. The summed E-state index contributed by atoms with van der Waals surface area (Å²) in [7, 11) is 3.07. The molecule has 0 aromatic heterocycles. The molecule has 1 amide bonds. The predicted octanol–water partition coefficient (Wildman–Crippen LogP) is 2.76. The summed E-state index contributed by atoms with van der Waals surface area (Å²) in [4.78, 5) is 27.6. The highest BCUT2D eigenvalue weighted by Gasteiger charge is 2.27. The average Bonchev–Trinajstić information content (AvgIpc) is 2.78. The third kappa shape index (κ3) is 4.62. The van der Waals surface area contributed by atoms with E-state index in [1.54, 1.807) is 7.11 Å². The summed E-state index contributed by atoms with van der Waals surface area (Å²) < 4.78 is 10.6. The predicted molar refractivity (Wildman–Crippen MR) is 115 cm³/mol. The molecular formula is C21H26N4O5. The van der Waals surface area contributed by atoms with Gasteiger partial charge in [-0.25, -0.2) is 0 Å². The van der Waals surface area contributed by atoms with Gasteiger partial charge in [0.05, 0.1) is 42.6 Å². The van der Waals surface area contributed by atoms with Crippen LogP contribution in [0.5, 0.6) is 11.5 Å². The fraction of sp³-hybridized carbons (Fsp3) is 0.381. The third-order valence-electron chi connectivity index (χ3n) is 5.32. The molecule has 1 fully saturated rings. The highest BCUT2D eigenvalue weighted by atomic mass is 16.6. The highest BCUT2D eigenvalue weighted by molar-refractivity contribution is 5.96. The van der Waals surface area contributed by atoms with Crippen LogP contribution in [-0.4, -0.2) is 62.2 Å². The number of anilines is 2. The fourth-order valence-electron chi connectivity index (χ4n) is 3.54. The Morgan fingerprint density at radius 1 is 1.07 bits per heavy atom. The molecular weight excluding hydrogens is 388 g/mol. The van der Waals surface area contributed by atoms with Crippen LogP contribution < -0.4 is 19.7 Å². The van der Waals surface area contributed by atoms with Gasteiger partial charge in [0.2, 0.25) is 5.91 Å². The fourth-order valence-corrected chi connectivity index (χ4v) is 3.54. The van der Waals surface area contributed by atoms with Crippen molar-refractivity contribution in [3.63, 3.8) is 0 Å². The molecule has 1 heterocycles. The Morgan fingerprint density at radius 3 is 2.37 bits per heavy atom. The number of methoxy groups -OCH3 is 2. The molecule has 9 heteroatoms. The maximum atomic E-state index is 12.8. The van der Waals surface area contributed by atoms with E-state index in [0.717, 1.165) is 37.6 Å². The smallest absolute Gasteiger partial charge is 0.273 e. The molecule has 0 radical (unpaired) electrons.